The van der Waals surface area contributed by atoms with E-state index in [1.54, 1.807) is 0 Å². The summed E-state index contributed by atoms with van der Waals surface area (Å²) in [6, 6.07) is 0. The monoisotopic (exact) mass is 138 g/mol. The molecule has 2 nitrogen and oxygen atoms in total. The van der Waals surface area contributed by atoms with E-state index >= 15 is 0 Å². The van der Waals surface area contributed by atoms with Gasteiger partial charge in [0.1, 0.15) is 0 Å². The lowest BCUT2D eigenvalue weighted by atomic mass is 9.97. The van der Waals surface area contributed by atoms with Crippen LogP contribution < -0.4 is 0 Å². The molecule has 55 valence electrons. The Bertz CT molecular complexity index is 219. The topological polar surface area (TPSA) is 26.0 Å². The number of nitrogens with zero attached hydrogens (tertiary/aromatic N) is 1. The van der Waals surface area contributed by atoms with E-state index in [1.807, 2.05) is 6.92 Å². The molecule has 1 radical (unpaired) electrons. The molecule has 0 atom stereocenters. The van der Waals surface area contributed by atoms with Gasteiger partial charge in [0.2, 0.25) is 5.89 Å². The van der Waals surface area contributed by atoms with E-state index in [1.165, 1.54) is 0 Å². The van der Waals surface area contributed by atoms with Crippen LogP contribution in [0.5, 0.6) is 0 Å². The predicted molar refractivity (Wildman–Crippen MR) is 38.8 cm³/mol. The first kappa shape index (κ1) is 7.32. The van der Waals surface area contributed by atoms with Crippen molar-refractivity contribution in [1.82, 2.24) is 4.98 Å². The van der Waals surface area contributed by atoms with Crippen LogP contribution in [0.3, 0.4) is 0 Å². The van der Waals surface area contributed by atoms with Crippen molar-refractivity contribution < 1.29 is 4.42 Å². The van der Waals surface area contributed by atoms with Crippen molar-refractivity contribution in [1.29, 1.82) is 0 Å². The minimum atomic E-state index is 0.00472. The Kier molecular flexibility index (Phi) is 1.55. The molecule has 0 amide bonds. The van der Waals surface area contributed by atoms with Crippen LogP contribution in [0.1, 0.15) is 32.4 Å². The lowest BCUT2D eigenvalue weighted by Crippen LogP contribution is -2.11. The summed E-state index contributed by atoms with van der Waals surface area (Å²) in [5, 5.41) is 0. The van der Waals surface area contributed by atoms with Crippen LogP contribution in [0.2, 0.25) is 0 Å². The minimum Gasteiger partial charge on any atom is -0.436 e. The third-order valence-corrected chi connectivity index (χ3v) is 1.21. The average molecular weight is 138 g/mol. The van der Waals surface area contributed by atoms with Crippen LogP contribution in [-0.4, -0.2) is 4.98 Å². The zero-order valence-electron chi connectivity index (χ0n) is 6.86. The molecule has 0 N–H and O–H groups in total. The van der Waals surface area contributed by atoms with E-state index in [9.17, 15) is 0 Å². The summed E-state index contributed by atoms with van der Waals surface area (Å²) in [4.78, 5) is 4.16. The molecule has 10 heavy (non-hydrogen) atoms. The Morgan fingerprint density at radius 2 is 2.00 bits per heavy atom. The van der Waals surface area contributed by atoms with Crippen molar-refractivity contribution in [3.8, 4) is 0 Å². The molecular weight excluding hydrogens is 126 g/mol. The van der Waals surface area contributed by atoms with Gasteiger partial charge in [-0.05, 0) is 6.92 Å². The van der Waals surface area contributed by atoms with E-state index in [2.05, 4.69) is 32.0 Å². The Labute approximate surface area is 61.3 Å². The largest absolute Gasteiger partial charge is 0.436 e. The fourth-order valence-corrected chi connectivity index (χ4v) is 0.641. The van der Waals surface area contributed by atoms with Gasteiger partial charge in [-0.1, -0.05) is 20.8 Å². The van der Waals surface area contributed by atoms with Crippen LogP contribution >= 0.6 is 0 Å². The highest BCUT2D eigenvalue weighted by Gasteiger charge is 2.19. The number of aromatic nitrogens is 1. The summed E-state index contributed by atoms with van der Waals surface area (Å²) in [6.45, 7) is 8.06. The third-order valence-electron chi connectivity index (χ3n) is 1.21. The van der Waals surface area contributed by atoms with Gasteiger partial charge in [-0.2, -0.15) is 0 Å². The normalized spacial score (nSPS) is 12.0. The molecular formula is C8H12NO. The first-order chi connectivity index (χ1) is 4.50. The van der Waals surface area contributed by atoms with Crippen molar-refractivity contribution in [2.45, 2.75) is 33.1 Å². The first-order valence-corrected chi connectivity index (χ1v) is 3.36. The van der Waals surface area contributed by atoms with Crippen LogP contribution in [0.25, 0.3) is 0 Å². The fraction of sp³-hybridized carbons (Fsp3) is 0.625. The highest BCUT2D eigenvalue weighted by atomic mass is 16.3. The molecule has 2 heteroatoms. The smallest absolute Gasteiger partial charge is 0.200 e. The van der Waals surface area contributed by atoms with Gasteiger partial charge < -0.3 is 4.42 Å². The second-order valence-corrected chi connectivity index (χ2v) is 3.46. The van der Waals surface area contributed by atoms with Crippen molar-refractivity contribution in [3.63, 3.8) is 0 Å². The number of hydrogen-bond donors (Lipinski definition) is 0. The summed E-state index contributed by atoms with van der Waals surface area (Å²) >= 11 is 0. The van der Waals surface area contributed by atoms with Crippen molar-refractivity contribution in [3.05, 3.63) is 17.8 Å². The predicted octanol–water partition coefficient (Wildman–Crippen LogP) is 2.08. The number of hydrogen-bond acceptors (Lipinski definition) is 2. The van der Waals surface area contributed by atoms with Gasteiger partial charge in [0.15, 0.2) is 6.26 Å². The molecule has 0 saturated carbocycles. The highest BCUT2D eigenvalue weighted by molar-refractivity contribution is 5.00. The molecule has 0 saturated heterocycles. The van der Waals surface area contributed by atoms with E-state index in [4.69, 9.17) is 4.42 Å². The van der Waals surface area contributed by atoms with Crippen molar-refractivity contribution in [2.24, 2.45) is 0 Å². The number of aryl methyl sites for hydroxylation is 1. The fourth-order valence-electron chi connectivity index (χ4n) is 0.641. The molecule has 0 aliphatic heterocycles. The Balaban J connectivity index is 2.96. The number of rotatable bonds is 0. The van der Waals surface area contributed by atoms with Gasteiger partial charge in [-0.15, -0.1) is 0 Å². The molecule has 0 aliphatic rings. The number of oxazole rings is 1. The van der Waals surface area contributed by atoms with Gasteiger partial charge in [0.25, 0.3) is 0 Å². The highest BCUT2D eigenvalue weighted by Crippen LogP contribution is 2.20. The lowest BCUT2D eigenvalue weighted by molar-refractivity contribution is 0.389. The zero-order chi connectivity index (χ0) is 7.78. The lowest BCUT2D eigenvalue weighted by Gasteiger charge is -2.11. The second-order valence-electron chi connectivity index (χ2n) is 3.46. The van der Waals surface area contributed by atoms with E-state index in [-0.39, 0.29) is 5.41 Å². The van der Waals surface area contributed by atoms with Gasteiger partial charge >= 0.3 is 0 Å². The molecule has 0 bridgehead atoms. The average Bonchev–Trinajstić information content (AvgIpc) is 2.11. The maximum absolute atomic E-state index is 5.09. The molecule has 0 fully saturated rings. The summed E-state index contributed by atoms with van der Waals surface area (Å²) in [5.74, 6) is 0.755. The van der Waals surface area contributed by atoms with E-state index < -0.39 is 0 Å². The van der Waals surface area contributed by atoms with E-state index in [0.29, 0.717) is 0 Å². The molecule has 0 spiro atoms. The zero-order valence-corrected chi connectivity index (χ0v) is 6.86. The molecule has 1 heterocycles. The summed E-state index contributed by atoms with van der Waals surface area (Å²) < 4.78 is 5.09. The van der Waals surface area contributed by atoms with Gasteiger partial charge in [-0.3, -0.25) is 0 Å². The van der Waals surface area contributed by atoms with Gasteiger partial charge in [0, 0.05) is 5.41 Å². The van der Waals surface area contributed by atoms with Gasteiger partial charge in [0.05, 0.1) is 5.69 Å². The van der Waals surface area contributed by atoms with Crippen LogP contribution in [0.4, 0.5) is 0 Å². The molecule has 0 aromatic carbocycles. The second kappa shape index (κ2) is 2.11. The Morgan fingerprint density at radius 3 is 2.20 bits per heavy atom. The van der Waals surface area contributed by atoms with Crippen LogP contribution in [0, 0.1) is 13.2 Å². The summed E-state index contributed by atoms with van der Waals surface area (Å²) in [5.41, 5.74) is 0.829. The molecule has 0 aliphatic carbocycles. The van der Waals surface area contributed by atoms with Crippen LogP contribution in [0.15, 0.2) is 4.42 Å². The van der Waals surface area contributed by atoms with Gasteiger partial charge in [-0.25, -0.2) is 4.98 Å². The molecule has 0 unspecified atom stereocenters. The Morgan fingerprint density at radius 1 is 1.40 bits per heavy atom. The van der Waals surface area contributed by atoms with Crippen molar-refractivity contribution >= 4 is 0 Å². The van der Waals surface area contributed by atoms with Crippen LogP contribution in [-0.2, 0) is 5.41 Å². The van der Waals surface area contributed by atoms with E-state index in [0.717, 1.165) is 11.6 Å². The minimum absolute atomic E-state index is 0.00472. The quantitative estimate of drug-likeness (QED) is 0.548. The van der Waals surface area contributed by atoms with Crippen molar-refractivity contribution in [2.75, 3.05) is 0 Å². The molecule has 1 rings (SSSR count). The third kappa shape index (κ3) is 1.38. The summed E-state index contributed by atoms with van der Waals surface area (Å²) in [7, 11) is 0. The standard InChI is InChI=1S/C8H12NO/c1-6-5-10-7(9-6)8(2,3)4/h1-4H3. The maximum atomic E-state index is 5.09. The molecule has 1 aromatic rings. The SMILES string of the molecule is Cc1[c]oc(C(C)(C)C)n1. The first-order valence-electron chi connectivity index (χ1n) is 3.36. The maximum Gasteiger partial charge on any atom is 0.200 e. The summed E-state index contributed by atoms with van der Waals surface area (Å²) in [6.07, 6.45) is 2.69. The molecule has 1 aromatic heterocycles. The Hall–Kier alpha value is -0.790.